The minimum Gasteiger partial charge on any atom is -0.323 e. The van der Waals surface area contributed by atoms with Gasteiger partial charge in [0.25, 0.3) is 0 Å². The number of hydrogen-bond acceptors (Lipinski definition) is 2. The maximum atomic E-state index is 11.3. The Hall–Kier alpha value is -1.09. The Morgan fingerprint density at radius 1 is 1.64 bits per heavy atom. The molecule has 0 fully saturated rings. The molecule has 4 heteroatoms. The Morgan fingerprint density at radius 3 is 3.07 bits per heavy atom. The largest absolute Gasteiger partial charge is 0.323 e. The van der Waals surface area contributed by atoms with Gasteiger partial charge in [0.05, 0.1) is 5.69 Å². The first kappa shape index (κ1) is 11.0. The quantitative estimate of drug-likeness (QED) is 0.780. The number of rotatable bonds is 4. The Bertz CT molecular complexity index is 315. The van der Waals surface area contributed by atoms with Gasteiger partial charge in [-0.25, -0.2) is 4.98 Å². The van der Waals surface area contributed by atoms with E-state index in [0.717, 1.165) is 12.8 Å². The van der Waals surface area contributed by atoms with E-state index in [1.54, 1.807) is 18.3 Å². The minimum absolute atomic E-state index is 0.0123. The number of carbonyl (C=O) groups excluding carboxylic acids is 1. The molecule has 1 rings (SSSR count). The topological polar surface area (TPSA) is 42.0 Å². The number of anilines is 1. The average Bonchev–Trinajstić information content (AvgIpc) is 2.18. The fraction of sp³-hybridized carbons (Fsp3) is 0.400. The number of nitrogens with one attached hydrogen (secondary N) is 1. The first-order valence-electron chi connectivity index (χ1n) is 4.64. The molecule has 3 nitrogen and oxygen atoms in total. The Morgan fingerprint density at radius 2 is 2.43 bits per heavy atom. The SMILES string of the molecule is CCCCC(=O)Nc1cccnc1Cl. The summed E-state index contributed by atoms with van der Waals surface area (Å²) in [6.45, 7) is 2.05. The van der Waals surface area contributed by atoms with Crippen LogP contribution in [0.3, 0.4) is 0 Å². The van der Waals surface area contributed by atoms with E-state index in [-0.39, 0.29) is 5.91 Å². The molecule has 0 spiro atoms. The van der Waals surface area contributed by atoms with Crippen molar-refractivity contribution in [3.05, 3.63) is 23.5 Å². The molecule has 0 bridgehead atoms. The van der Waals surface area contributed by atoms with Crippen molar-refractivity contribution < 1.29 is 4.79 Å². The van der Waals surface area contributed by atoms with Crippen molar-refractivity contribution in [2.75, 3.05) is 5.32 Å². The van der Waals surface area contributed by atoms with Crippen LogP contribution in [-0.2, 0) is 4.79 Å². The molecule has 1 amide bonds. The summed E-state index contributed by atoms with van der Waals surface area (Å²) in [7, 11) is 0. The monoisotopic (exact) mass is 212 g/mol. The summed E-state index contributed by atoms with van der Waals surface area (Å²) >= 11 is 5.78. The molecule has 1 aromatic rings. The lowest BCUT2D eigenvalue weighted by molar-refractivity contribution is -0.116. The van der Waals surface area contributed by atoms with Crippen molar-refractivity contribution in [3.8, 4) is 0 Å². The molecule has 1 heterocycles. The maximum Gasteiger partial charge on any atom is 0.224 e. The summed E-state index contributed by atoms with van der Waals surface area (Å²) in [5.41, 5.74) is 0.579. The standard InChI is InChI=1S/C10H13ClN2O/c1-2-3-6-9(14)13-8-5-4-7-12-10(8)11/h4-5,7H,2-3,6H2,1H3,(H,13,14). The predicted molar refractivity (Wildman–Crippen MR) is 57.4 cm³/mol. The molecule has 0 aliphatic carbocycles. The van der Waals surface area contributed by atoms with E-state index in [1.165, 1.54) is 0 Å². The van der Waals surface area contributed by atoms with Crippen LogP contribution in [0.15, 0.2) is 18.3 Å². The summed E-state index contributed by atoms with van der Waals surface area (Å²) in [4.78, 5) is 15.2. The summed E-state index contributed by atoms with van der Waals surface area (Å²) in [6.07, 6.45) is 4.02. The van der Waals surface area contributed by atoms with Crippen LogP contribution in [-0.4, -0.2) is 10.9 Å². The van der Waals surface area contributed by atoms with Gasteiger partial charge < -0.3 is 5.32 Å². The molecule has 0 saturated carbocycles. The zero-order valence-corrected chi connectivity index (χ0v) is 8.84. The molecule has 0 saturated heterocycles. The third-order valence-electron chi connectivity index (χ3n) is 1.79. The first-order chi connectivity index (χ1) is 6.74. The van der Waals surface area contributed by atoms with Gasteiger partial charge in [-0.05, 0) is 18.6 Å². The van der Waals surface area contributed by atoms with Crippen LogP contribution in [0.5, 0.6) is 0 Å². The average molecular weight is 213 g/mol. The number of carbonyl (C=O) groups is 1. The first-order valence-corrected chi connectivity index (χ1v) is 5.02. The normalized spacial score (nSPS) is 9.86. The number of nitrogens with zero attached hydrogens (tertiary/aromatic N) is 1. The summed E-state index contributed by atoms with van der Waals surface area (Å²) in [6, 6.07) is 3.47. The van der Waals surface area contributed by atoms with Gasteiger partial charge in [0.2, 0.25) is 5.91 Å². The van der Waals surface area contributed by atoms with Crippen LogP contribution in [0.1, 0.15) is 26.2 Å². The second-order valence-electron chi connectivity index (χ2n) is 2.99. The molecule has 0 aliphatic rings. The van der Waals surface area contributed by atoms with Gasteiger partial charge in [0.1, 0.15) is 0 Å². The molecule has 0 aliphatic heterocycles. The molecule has 0 atom stereocenters. The highest BCUT2D eigenvalue weighted by molar-refractivity contribution is 6.32. The van der Waals surface area contributed by atoms with Crippen LogP contribution < -0.4 is 5.32 Å². The van der Waals surface area contributed by atoms with Gasteiger partial charge >= 0.3 is 0 Å². The van der Waals surface area contributed by atoms with Gasteiger partial charge in [-0.15, -0.1) is 0 Å². The molecule has 1 aromatic heterocycles. The third kappa shape index (κ3) is 3.34. The van der Waals surface area contributed by atoms with E-state index in [4.69, 9.17) is 11.6 Å². The number of unbranched alkanes of at least 4 members (excludes halogenated alkanes) is 1. The summed E-state index contributed by atoms with van der Waals surface area (Å²) in [5.74, 6) is -0.0123. The summed E-state index contributed by atoms with van der Waals surface area (Å²) in [5, 5.41) is 3.04. The highest BCUT2D eigenvalue weighted by atomic mass is 35.5. The van der Waals surface area contributed by atoms with E-state index < -0.39 is 0 Å². The van der Waals surface area contributed by atoms with Crippen LogP contribution in [0.2, 0.25) is 5.15 Å². The molecule has 1 N–H and O–H groups in total. The molecule has 0 aromatic carbocycles. The second-order valence-corrected chi connectivity index (χ2v) is 3.35. The van der Waals surface area contributed by atoms with Gasteiger partial charge in [0, 0.05) is 12.6 Å². The van der Waals surface area contributed by atoms with E-state index in [2.05, 4.69) is 10.3 Å². The predicted octanol–water partition coefficient (Wildman–Crippen LogP) is 2.86. The molecule has 0 unspecified atom stereocenters. The van der Waals surface area contributed by atoms with Gasteiger partial charge in [-0.2, -0.15) is 0 Å². The van der Waals surface area contributed by atoms with Crippen molar-refractivity contribution in [1.82, 2.24) is 4.98 Å². The zero-order chi connectivity index (χ0) is 10.4. The Labute approximate surface area is 88.5 Å². The van der Waals surface area contributed by atoms with Crippen LogP contribution >= 0.6 is 11.6 Å². The van der Waals surface area contributed by atoms with Crippen LogP contribution in [0.4, 0.5) is 5.69 Å². The van der Waals surface area contributed by atoms with Gasteiger partial charge in [-0.1, -0.05) is 24.9 Å². The van der Waals surface area contributed by atoms with Crippen molar-refractivity contribution in [3.63, 3.8) is 0 Å². The molecule has 0 radical (unpaired) electrons. The smallest absolute Gasteiger partial charge is 0.224 e. The third-order valence-corrected chi connectivity index (χ3v) is 2.09. The fourth-order valence-electron chi connectivity index (χ4n) is 1.03. The van der Waals surface area contributed by atoms with E-state index in [0.29, 0.717) is 17.3 Å². The lowest BCUT2D eigenvalue weighted by Gasteiger charge is -2.04. The highest BCUT2D eigenvalue weighted by Gasteiger charge is 2.04. The van der Waals surface area contributed by atoms with Crippen molar-refractivity contribution in [2.24, 2.45) is 0 Å². The molecule has 14 heavy (non-hydrogen) atoms. The minimum atomic E-state index is -0.0123. The van der Waals surface area contributed by atoms with E-state index in [1.807, 2.05) is 6.92 Å². The van der Waals surface area contributed by atoms with Gasteiger partial charge in [-0.3, -0.25) is 4.79 Å². The van der Waals surface area contributed by atoms with Crippen molar-refractivity contribution in [2.45, 2.75) is 26.2 Å². The van der Waals surface area contributed by atoms with Crippen molar-refractivity contribution in [1.29, 1.82) is 0 Å². The lowest BCUT2D eigenvalue weighted by Crippen LogP contribution is -2.11. The maximum absolute atomic E-state index is 11.3. The summed E-state index contributed by atoms with van der Waals surface area (Å²) < 4.78 is 0. The number of amides is 1. The van der Waals surface area contributed by atoms with Crippen LogP contribution in [0, 0.1) is 0 Å². The zero-order valence-electron chi connectivity index (χ0n) is 8.09. The number of pyridine rings is 1. The fourth-order valence-corrected chi connectivity index (χ4v) is 1.20. The molecular weight excluding hydrogens is 200 g/mol. The molecule has 76 valence electrons. The number of aromatic nitrogens is 1. The van der Waals surface area contributed by atoms with E-state index in [9.17, 15) is 4.79 Å². The van der Waals surface area contributed by atoms with E-state index >= 15 is 0 Å². The Balaban J connectivity index is 2.52. The number of hydrogen-bond donors (Lipinski definition) is 1. The van der Waals surface area contributed by atoms with Gasteiger partial charge in [0.15, 0.2) is 5.15 Å². The number of halogens is 1. The highest BCUT2D eigenvalue weighted by Crippen LogP contribution is 2.17. The second kappa shape index (κ2) is 5.60. The lowest BCUT2D eigenvalue weighted by atomic mass is 10.2. The van der Waals surface area contributed by atoms with Crippen LogP contribution in [0.25, 0.3) is 0 Å². The van der Waals surface area contributed by atoms with Crippen molar-refractivity contribution >= 4 is 23.2 Å². The molecular formula is C10H13ClN2O. The Kier molecular flexibility index (Phi) is 4.40.